The molecule has 2 rings (SSSR count). The van der Waals surface area contributed by atoms with Gasteiger partial charge >= 0.3 is 7.12 Å². The monoisotopic (exact) mass is 295 g/mol. The van der Waals surface area contributed by atoms with Crippen LogP contribution in [0.15, 0.2) is 18.2 Å². The molecule has 20 heavy (non-hydrogen) atoms. The summed E-state index contributed by atoms with van der Waals surface area (Å²) in [6, 6.07) is 5.61. The van der Waals surface area contributed by atoms with Crippen LogP contribution in [0.4, 0.5) is 0 Å². The molecule has 0 bridgehead atoms. The maximum atomic E-state index is 9.41. The van der Waals surface area contributed by atoms with Crippen molar-refractivity contribution >= 4 is 24.3 Å². The molecule has 6 heteroatoms. The molecule has 2 N–H and O–H groups in total. The molecule has 1 aromatic carbocycles. The van der Waals surface area contributed by atoms with Gasteiger partial charge in [0.15, 0.2) is 0 Å². The zero-order valence-corrected chi connectivity index (χ0v) is 13.1. The summed E-state index contributed by atoms with van der Waals surface area (Å²) in [6.45, 7) is 7.48. The van der Waals surface area contributed by atoms with E-state index in [1.54, 1.807) is 6.07 Å². The lowest BCUT2D eigenvalue weighted by Gasteiger charge is -2.34. The molecule has 0 radical (unpaired) electrons. The number of hydrogen-bond acceptors (Lipinski definition) is 5. The predicted octanol–water partition coefficient (Wildman–Crippen LogP) is 0.701. The van der Waals surface area contributed by atoms with Crippen molar-refractivity contribution in [2.75, 3.05) is 20.2 Å². The fraction of sp³-hybridized carbons (Fsp3) is 0.571. The van der Waals surface area contributed by atoms with E-state index in [0.29, 0.717) is 21.7 Å². The Bertz CT molecular complexity index is 448. The van der Waals surface area contributed by atoms with Crippen LogP contribution < -0.4 is 10.2 Å². The van der Waals surface area contributed by atoms with Crippen LogP contribution in [-0.2, 0) is 6.54 Å². The molecule has 0 spiro atoms. The molecule has 4 nitrogen and oxygen atoms in total. The van der Waals surface area contributed by atoms with Gasteiger partial charge < -0.3 is 14.8 Å². The second kappa shape index (κ2) is 6.85. The average Bonchev–Trinajstić information content (AvgIpc) is 2.37. The average molecular weight is 295 g/mol. The van der Waals surface area contributed by atoms with Gasteiger partial charge in [-0.25, -0.2) is 0 Å². The van der Waals surface area contributed by atoms with Crippen LogP contribution in [-0.4, -0.2) is 52.8 Å². The van der Waals surface area contributed by atoms with E-state index in [0.717, 1.165) is 25.2 Å². The van der Waals surface area contributed by atoms with E-state index in [1.165, 1.54) is 7.11 Å². The number of hydrogen-bond donors (Lipinski definition) is 2. The van der Waals surface area contributed by atoms with Crippen molar-refractivity contribution in [3.05, 3.63) is 23.8 Å². The number of ether oxygens (including phenoxy) is 1. The highest BCUT2D eigenvalue weighted by molar-refractivity contribution is 8.00. The first kappa shape index (κ1) is 15.7. The zero-order chi connectivity index (χ0) is 14.7. The van der Waals surface area contributed by atoms with Crippen molar-refractivity contribution in [2.45, 2.75) is 30.9 Å². The van der Waals surface area contributed by atoms with Gasteiger partial charge in [-0.2, -0.15) is 11.8 Å². The molecular weight excluding hydrogens is 273 g/mol. The SMILES string of the molecule is COc1ccc(CN2CC(C)SC(C)C2)cc1B(O)O. The normalized spacial score (nSPS) is 23.6. The molecule has 110 valence electrons. The molecule has 2 unspecified atom stereocenters. The molecule has 1 heterocycles. The van der Waals surface area contributed by atoms with Crippen LogP contribution >= 0.6 is 11.8 Å². The molecule has 0 aliphatic carbocycles. The maximum absolute atomic E-state index is 9.41. The minimum atomic E-state index is -1.50. The van der Waals surface area contributed by atoms with Crippen LogP contribution in [0.3, 0.4) is 0 Å². The molecule has 1 aromatic rings. The van der Waals surface area contributed by atoms with Crippen molar-refractivity contribution in [3.8, 4) is 5.75 Å². The van der Waals surface area contributed by atoms with Crippen LogP contribution in [0.1, 0.15) is 19.4 Å². The summed E-state index contributed by atoms with van der Waals surface area (Å²) in [7, 11) is 0.0335. The fourth-order valence-electron chi connectivity index (χ4n) is 2.76. The third kappa shape index (κ3) is 3.91. The Labute approximate surface area is 125 Å². The van der Waals surface area contributed by atoms with Gasteiger partial charge in [-0.05, 0) is 11.6 Å². The van der Waals surface area contributed by atoms with Crippen molar-refractivity contribution in [1.29, 1.82) is 0 Å². The van der Waals surface area contributed by atoms with Crippen LogP contribution in [0.25, 0.3) is 0 Å². The van der Waals surface area contributed by atoms with E-state index in [4.69, 9.17) is 4.74 Å². The number of methoxy groups -OCH3 is 1. The molecular formula is C14H22BNO3S. The van der Waals surface area contributed by atoms with Gasteiger partial charge in [0.1, 0.15) is 5.75 Å². The van der Waals surface area contributed by atoms with E-state index in [1.807, 2.05) is 23.9 Å². The van der Waals surface area contributed by atoms with E-state index in [9.17, 15) is 10.0 Å². The Balaban J connectivity index is 2.11. The predicted molar refractivity (Wildman–Crippen MR) is 84.6 cm³/mol. The molecule has 1 aliphatic heterocycles. The van der Waals surface area contributed by atoms with E-state index < -0.39 is 7.12 Å². The summed E-state index contributed by atoms with van der Waals surface area (Å²) in [5.74, 6) is 0.514. The van der Waals surface area contributed by atoms with Crippen molar-refractivity contribution < 1.29 is 14.8 Å². The number of rotatable bonds is 4. The maximum Gasteiger partial charge on any atom is 0.492 e. The Morgan fingerprint density at radius 1 is 1.30 bits per heavy atom. The number of benzene rings is 1. The van der Waals surface area contributed by atoms with Gasteiger partial charge in [-0.1, -0.05) is 26.0 Å². The summed E-state index contributed by atoms with van der Waals surface area (Å²) in [5.41, 5.74) is 1.51. The minimum absolute atomic E-state index is 0.428. The molecule has 1 aliphatic rings. The molecule has 0 amide bonds. The lowest BCUT2D eigenvalue weighted by molar-refractivity contribution is 0.263. The summed E-state index contributed by atoms with van der Waals surface area (Å²) in [4.78, 5) is 2.42. The number of thioether (sulfide) groups is 1. The molecule has 0 aromatic heterocycles. The Hall–Kier alpha value is -0.685. The summed E-state index contributed by atoms with van der Waals surface area (Å²) < 4.78 is 5.15. The molecule has 2 atom stereocenters. The quantitative estimate of drug-likeness (QED) is 0.801. The van der Waals surface area contributed by atoms with Gasteiger partial charge in [0.2, 0.25) is 0 Å². The van der Waals surface area contributed by atoms with Gasteiger partial charge in [0, 0.05) is 35.6 Å². The van der Waals surface area contributed by atoms with E-state index in [2.05, 4.69) is 18.7 Å². The van der Waals surface area contributed by atoms with Crippen LogP contribution in [0.5, 0.6) is 5.75 Å². The highest BCUT2D eigenvalue weighted by atomic mass is 32.2. The van der Waals surface area contributed by atoms with Gasteiger partial charge in [0.25, 0.3) is 0 Å². The number of nitrogens with zero attached hydrogens (tertiary/aromatic N) is 1. The van der Waals surface area contributed by atoms with Gasteiger partial charge in [0.05, 0.1) is 7.11 Å². The zero-order valence-electron chi connectivity index (χ0n) is 12.2. The lowest BCUT2D eigenvalue weighted by atomic mass is 9.78. The highest BCUT2D eigenvalue weighted by Crippen LogP contribution is 2.25. The third-order valence-electron chi connectivity index (χ3n) is 3.47. The smallest absolute Gasteiger partial charge is 0.492 e. The van der Waals surface area contributed by atoms with Crippen LogP contribution in [0, 0.1) is 0 Å². The fourth-order valence-corrected chi connectivity index (χ4v) is 4.14. The largest absolute Gasteiger partial charge is 0.497 e. The summed E-state index contributed by atoms with van der Waals surface area (Å²) >= 11 is 2.03. The minimum Gasteiger partial charge on any atom is -0.497 e. The van der Waals surface area contributed by atoms with Crippen molar-refractivity contribution in [3.63, 3.8) is 0 Å². The third-order valence-corrected chi connectivity index (χ3v) is 4.70. The van der Waals surface area contributed by atoms with E-state index >= 15 is 0 Å². The second-order valence-corrected chi connectivity index (χ2v) is 7.28. The Kier molecular flexibility index (Phi) is 5.38. The topological polar surface area (TPSA) is 52.9 Å². The standard InChI is InChI=1S/C14H22BNO3S/c1-10-7-16(8-11(2)20-10)9-12-4-5-14(19-3)13(6-12)15(17)18/h4-6,10-11,17-18H,7-9H2,1-3H3. The van der Waals surface area contributed by atoms with Crippen molar-refractivity contribution in [2.24, 2.45) is 0 Å². The van der Waals surface area contributed by atoms with Gasteiger partial charge in [-0.15, -0.1) is 0 Å². The highest BCUT2D eigenvalue weighted by Gasteiger charge is 2.23. The molecule has 1 saturated heterocycles. The first-order valence-corrected chi connectivity index (χ1v) is 7.84. The van der Waals surface area contributed by atoms with Gasteiger partial charge in [-0.3, -0.25) is 4.90 Å². The Morgan fingerprint density at radius 3 is 2.50 bits per heavy atom. The first-order chi connectivity index (χ1) is 9.49. The molecule has 1 fully saturated rings. The Morgan fingerprint density at radius 2 is 1.95 bits per heavy atom. The lowest BCUT2D eigenvalue weighted by Crippen LogP contribution is -2.40. The summed E-state index contributed by atoms with van der Waals surface area (Å²) in [6.07, 6.45) is 0. The van der Waals surface area contributed by atoms with Crippen LogP contribution in [0.2, 0.25) is 0 Å². The second-order valence-electron chi connectivity index (χ2n) is 5.40. The van der Waals surface area contributed by atoms with Crippen molar-refractivity contribution in [1.82, 2.24) is 4.90 Å². The first-order valence-electron chi connectivity index (χ1n) is 6.90. The summed E-state index contributed by atoms with van der Waals surface area (Å²) in [5, 5.41) is 20.1. The molecule has 0 saturated carbocycles. The van der Waals surface area contributed by atoms with E-state index in [-0.39, 0.29) is 0 Å².